The predicted octanol–water partition coefficient (Wildman–Crippen LogP) is 2.59. The number of nitrogens with two attached hydrogens (primary N) is 1. The first-order valence-corrected chi connectivity index (χ1v) is 5.32. The van der Waals surface area contributed by atoms with Crippen molar-refractivity contribution in [2.24, 2.45) is 17.6 Å². The van der Waals surface area contributed by atoms with Gasteiger partial charge in [0.2, 0.25) is 0 Å². The van der Waals surface area contributed by atoms with E-state index in [1.165, 1.54) is 25.0 Å². The topological polar surface area (TPSA) is 29.3 Å². The van der Waals surface area contributed by atoms with Crippen molar-refractivity contribution in [3.63, 3.8) is 0 Å². The van der Waals surface area contributed by atoms with Crippen molar-refractivity contribution in [3.05, 3.63) is 25.1 Å². The molecule has 1 heterocycles. The Bertz CT molecular complexity index is 177. The van der Waals surface area contributed by atoms with Gasteiger partial charge in [-0.3, -0.25) is 0 Å². The lowest BCUT2D eigenvalue weighted by atomic mass is 10.0. The molecule has 0 aromatic carbocycles. The molecule has 1 aliphatic rings. The van der Waals surface area contributed by atoms with Crippen molar-refractivity contribution >= 4 is 0 Å². The van der Waals surface area contributed by atoms with Gasteiger partial charge in [0.25, 0.3) is 0 Å². The highest BCUT2D eigenvalue weighted by Crippen LogP contribution is 2.25. The summed E-state index contributed by atoms with van der Waals surface area (Å²) >= 11 is 0. The van der Waals surface area contributed by atoms with E-state index in [4.69, 9.17) is 0 Å². The van der Waals surface area contributed by atoms with Crippen molar-refractivity contribution in [3.8, 4) is 0 Å². The molecule has 1 fully saturated rings. The van der Waals surface area contributed by atoms with Crippen LogP contribution in [0.25, 0.3) is 0 Å². The lowest BCUT2D eigenvalue weighted by molar-refractivity contribution is 0.397. The molecule has 0 amide bonds. The second-order valence-corrected chi connectivity index (χ2v) is 4.02. The smallest absolute Gasteiger partial charge is 0.0203 e. The molecule has 0 radical (unpaired) electrons. The summed E-state index contributed by atoms with van der Waals surface area (Å²) in [4.78, 5) is 2.43. The van der Waals surface area contributed by atoms with Gasteiger partial charge < -0.3 is 10.6 Å². The molecule has 2 nitrogen and oxygen atoms in total. The van der Waals surface area contributed by atoms with Gasteiger partial charge in [-0.1, -0.05) is 33.9 Å². The van der Waals surface area contributed by atoms with Crippen LogP contribution in [0, 0.1) is 11.8 Å². The summed E-state index contributed by atoms with van der Waals surface area (Å²) in [5, 5.41) is 0. The van der Waals surface area contributed by atoms with Crippen molar-refractivity contribution < 1.29 is 0 Å². The molecule has 82 valence electrons. The Hall–Kier alpha value is -0.920. The van der Waals surface area contributed by atoms with E-state index in [0.717, 1.165) is 18.3 Å². The zero-order chi connectivity index (χ0) is 11.1. The quantitative estimate of drug-likeness (QED) is 0.735. The van der Waals surface area contributed by atoms with E-state index in [-0.39, 0.29) is 0 Å². The van der Waals surface area contributed by atoms with E-state index in [1.54, 1.807) is 0 Å². The van der Waals surface area contributed by atoms with Crippen molar-refractivity contribution in [1.29, 1.82) is 0 Å². The average Bonchev–Trinajstić information content (AvgIpc) is 2.47. The lowest BCUT2D eigenvalue weighted by Gasteiger charge is -2.19. The van der Waals surface area contributed by atoms with Crippen molar-refractivity contribution in [2.75, 3.05) is 13.1 Å². The van der Waals surface area contributed by atoms with Gasteiger partial charge in [-0.05, 0) is 24.5 Å². The molecule has 2 N–H and O–H groups in total. The van der Waals surface area contributed by atoms with E-state index in [0.29, 0.717) is 0 Å². The minimum absolute atomic E-state index is 0.846. The Balaban J connectivity index is 0.000000500. The molecule has 2 atom stereocenters. The first-order chi connectivity index (χ1) is 6.56. The predicted molar refractivity (Wildman–Crippen MR) is 63.7 cm³/mol. The molecule has 0 aromatic heterocycles. The van der Waals surface area contributed by atoms with Crippen LogP contribution in [0.3, 0.4) is 0 Å². The van der Waals surface area contributed by atoms with Crippen LogP contribution in [0.5, 0.6) is 0 Å². The molecule has 1 saturated heterocycles. The average molecular weight is 196 g/mol. The maximum absolute atomic E-state index is 4.61. The Kier molecular flexibility index (Phi) is 6.09. The molecule has 1 aliphatic heterocycles. The minimum atomic E-state index is 0.846. The molecule has 2 unspecified atom stereocenters. The summed E-state index contributed by atoms with van der Waals surface area (Å²) in [5.41, 5.74) is 5.92. The number of allylic oxidation sites excluding steroid dienone is 1. The fourth-order valence-electron chi connectivity index (χ4n) is 1.61. The van der Waals surface area contributed by atoms with Crippen LogP contribution in [-0.2, 0) is 0 Å². The lowest BCUT2D eigenvalue weighted by Crippen LogP contribution is -2.18. The van der Waals surface area contributed by atoms with Gasteiger partial charge in [0.05, 0.1) is 0 Å². The largest absolute Gasteiger partial charge is 0.405 e. The highest BCUT2D eigenvalue weighted by Gasteiger charge is 2.25. The Morgan fingerprint density at radius 1 is 1.43 bits per heavy atom. The molecule has 0 aliphatic carbocycles. The molecule has 0 spiro atoms. The van der Waals surface area contributed by atoms with Gasteiger partial charge in [-0.25, -0.2) is 0 Å². The van der Waals surface area contributed by atoms with Crippen LogP contribution in [0.2, 0.25) is 0 Å². The third kappa shape index (κ3) is 3.86. The maximum atomic E-state index is 4.61. The molecule has 2 heteroatoms. The summed E-state index contributed by atoms with van der Waals surface area (Å²) in [6, 6.07) is 0. The zero-order valence-corrected chi connectivity index (χ0v) is 9.79. The van der Waals surface area contributed by atoms with Gasteiger partial charge in [0, 0.05) is 18.8 Å². The first-order valence-electron chi connectivity index (χ1n) is 5.32. The van der Waals surface area contributed by atoms with E-state index in [2.05, 4.69) is 44.6 Å². The normalized spacial score (nSPS) is 25.2. The van der Waals surface area contributed by atoms with Gasteiger partial charge in [0.1, 0.15) is 0 Å². The second kappa shape index (κ2) is 6.52. The monoisotopic (exact) mass is 196 g/mol. The zero-order valence-electron chi connectivity index (χ0n) is 9.79. The number of rotatable bonds is 2. The third-order valence-electron chi connectivity index (χ3n) is 2.84. The molecular weight excluding hydrogens is 172 g/mol. The first kappa shape index (κ1) is 13.1. The fourth-order valence-corrected chi connectivity index (χ4v) is 1.61. The van der Waals surface area contributed by atoms with E-state index in [9.17, 15) is 0 Å². The van der Waals surface area contributed by atoms with Gasteiger partial charge in [-0.15, -0.1) is 0 Å². The minimum Gasteiger partial charge on any atom is -0.405 e. The Labute approximate surface area is 88.5 Å². The van der Waals surface area contributed by atoms with E-state index < -0.39 is 0 Å². The maximum Gasteiger partial charge on any atom is 0.0203 e. The van der Waals surface area contributed by atoms with Crippen LogP contribution >= 0.6 is 0 Å². The Morgan fingerprint density at radius 2 is 1.79 bits per heavy atom. The summed E-state index contributed by atoms with van der Waals surface area (Å²) < 4.78 is 0. The summed E-state index contributed by atoms with van der Waals surface area (Å²) in [7, 11) is 0. The van der Waals surface area contributed by atoms with Gasteiger partial charge >= 0.3 is 0 Å². The Morgan fingerprint density at radius 3 is 2.07 bits per heavy atom. The van der Waals surface area contributed by atoms with Crippen LogP contribution < -0.4 is 5.73 Å². The summed E-state index contributed by atoms with van der Waals surface area (Å²) in [6.07, 6.45) is 2.35. The fraction of sp³-hybridized carbons (Fsp3) is 0.667. The number of likely N-dealkylation sites (tertiary alicyclic amines) is 1. The van der Waals surface area contributed by atoms with Crippen LogP contribution in [-0.4, -0.2) is 18.0 Å². The standard InChI is InChI=1S/C10H19N.C2H5N/c1-5-10(4)11-6-8(2)9(3)7-11;1-2-3/h8-9H,4-7H2,1-3H3;2H,1,3H2. The van der Waals surface area contributed by atoms with Crippen LogP contribution in [0.1, 0.15) is 27.2 Å². The molecule has 0 bridgehead atoms. The number of hydrogen-bond donors (Lipinski definition) is 1. The second-order valence-electron chi connectivity index (χ2n) is 4.02. The SMILES string of the molecule is C=C(CC)N1CC(C)C(C)C1.C=CN. The van der Waals surface area contributed by atoms with E-state index >= 15 is 0 Å². The highest BCUT2D eigenvalue weighted by molar-refractivity contribution is 4.97. The van der Waals surface area contributed by atoms with Crippen LogP contribution in [0.4, 0.5) is 0 Å². The number of hydrogen-bond acceptors (Lipinski definition) is 2. The summed E-state index contributed by atoms with van der Waals surface area (Å²) in [6.45, 7) is 16.5. The molecule has 0 saturated carbocycles. The molecule has 1 rings (SSSR count). The van der Waals surface area contributed by atoms with Crippen molar-refractivity contribution in [2.45, 2.75) is 27.2 Å². The molecular formula is C12H24N2. The van der Waals surface area contributed by atoms with Crippen molar-refractivity contribution in [1.82, 2.24) is 4.90 Å². The van der Waals surface area contributed by atoms with Gasteiger partial charge in [0.15, 0.2) is 0 Å². The summed E-state index contributed by atoms with van der Waals surface area (Å²) in [5.74, 6) is 1.69. The molecule has 14 heavy (non-hydrogen) atoms. The number of nitrogens with zero attached hydrogens (tertiary/aromatic N) is 1. The highest BCUT2D eigenvalue weighted by atomic mass is 15.2. The van der Waals surface area contributed by atoms with Gasteiger partial charge in [-0.2, -0.15) is 0 Å². The third-order valence-corrected chi connectivity index (χ3v) is 2.84. The van der Waals surface area contributed by atoms with Crippen LogP contribution in [0.15, 0.2) is 25.1 Å². The van der Waals surface area contributed by atoms with E-state index in [1.807, 2.05) is 0 Å². The molecule has 0 aromatic rings.